The molecule has 1 atom stereocenters. The van der Waals surface area contributed by atoms with Gasteiger partial charge in [-0.05, 0) is 61.2 Å². The Morgan fingerprint density at radius 1 is 1.19 bits per heavy atom. The van der Waals surface area contributed by atoms with Gasteiger partial charge in [-0.2, -0.15) is 0 Å². The van der Waals surface area contributed by atoms with Gasteiger partial charge in [-0.1, -0.05) is 12.1 Å². The Labute approximate surface area is 182 Å². The molecule has 8 nitrogen and oxygen atoms in total. The van der Waals surface area contributed by atoms with E-state index in [1.165, 1.54) is 0 Å². The first kappa shape index (κ1) is 22.6. The average molecular weight is 446 g/mol. The molecule has 0 saturated heterocycles. The molecule has 2 aromatic carbocycles. The third-order valence-corrected chi connectivity index (χ3v) is 5.46. The quantitative estimate of drug-likeness (QED) is 0.514. The van der Waals surface area contributed by atoms with E-state index in [0.717, 1.165) is 28.8 Å². The van der Waals surface area contributed by atoms with E-state index in [1.807, 2.05) is 31.2 Å². The maximum absolute atomic E-state index is 12.3. The minimum Gasteiger partial charge on any atom is -0.494 e. The molecule has 0 bridgehead atoms. The van der Waals surface area contributed by atoms with Crippen molar-refractivity contribution < 1.29 is 22.7 Å². The van der Waals surface area contributed by atoms with Crippen LogP contribution < -0.4 is 20.1 Å². The van der Waals surface area contributed by atoms with Gasteiger partial charge in [0, 0.05) is 24.2 Å². The molecule has 3 N–H and O–H groups in total. The molecule has 1 heterocycles. The standard InChI is InChI=1S/C22H27N3O5S/c1-15(16-5-3-6-18(13-16)25-31(2,28)29)23-21(26)7-4-12-30-19-9-10-20-17(14-19)8-11-22(27)24-20/h3,5-6,9-10,13-15,25H,4,7-8,11-12H2,1-2H3,(H,23,26)(H,24,27). The molecule has 3 rings (SSSR count). The summed E-state index contributed by atoms with van der Waals surface area (Å²) in [5, 5.41) is 5.75. The van der Waals surface area contributed by atoms with Gasteiger partial charge in [0.25, 0.3) is 0 Å². The summed E-state index contributed by atoms with van der Waals surface area (Å²) in [5.41, 5.74) is 3.14. The monoisotopic (exact) mass is 445 g/mol. The molecule has 1 unspecified atom stereocenters. The number of ether oxygens (including phenoxy) is 1. The van der Waals surface area contributed by atoms with E-state index in [4.69, 9.17) is 4.74 Å². The Morgan fingerprint density at radius 2 is 2.00 bits per heavy atom. The van der Waals surface area contributed by atoms with Gasteiger partial charge < -0.3 is 15.4 Å². The highest BCUT2D eigenvalue weighted by molar-refractivity contribution is 7.92. The lowest BCUT2D eigenvalue weighted by Crippen LogP contribution is -2.26. The van der Waals surface area contributed by atoms with Crippen molar-refractivity contribution in [2.45, 2.75) is 38.6 Å². The number of nitrogens with one attached hydrogen (secondary N) is 3. The van der Waals surface area contributed by atoms with Crippen LogP contribution in [0.3, 0.4) is 0 Å². The summed E-state index contributed by atoms with van der Waals surface area (Å²) in [4.78, 5) is 23.7. The van der Waals surface area contributed by atoms with Crippen LogP contribution in [0.25, 0.3) is 0 Å². The topological polar surface area (TPSA) is 114 Å². The van der Waals surface area contributed by atoms with E-state index in [-0.39, 0.29) is 17.9 Å². The fourth-order valence-corrected chi connectivity index (χ4v) is 3.91. The number of sulfonamides is 1. The Kier molecular flexibility index (Phi) is 7.17. The summed E-state index contributed by atoms with van der Waals surface area (Å²) in [6.45, 7) is 2.25. The Hall–Kier alpha value is -3.07. The van der Waals surface area contributed by atoms with Gasteiger partial charge in [0.2, 0.25) is 21.8 Å². The number of carbonyl (C=O) groups excluding carboxylic acids is 2. The van der Waals surface area contributed by atoms with Crippen LogP contribution >= 0.6 is 0 Å². The highest BCUT2D eigenvalue weighted by Gasteiger charge is 2.15. The van der Waals surface area contributed by atoms with Crippen molar-refractivity contribution in [2.24, 2.45) is 0 Å². The molecule has 0 spiro atoms. The molecule has 0 radical (unpaired) electrons. The second-order valence-corrected chi connectivity index (χ2v) is 9.36. The van der Waals surface area contributed by atoms with Crippen LogP contribution in [-0.2, 0) is 26.0 Å². The molecule has 31 heavy (non-hydrogen) atoms. The van der Waals surface area contributed by atoms with Gasteiger partial charge in [0.05, 0.1) is 18.9 Å². The van der Waals surface area contributed by atoms with E-state index < -0.39 is 10.0 Å². The first-order valence-electron chi connectivity index (χ1n) is 10.1. The molecule has 0 saturated carbocycles. The number of amides is 2. The lowest BCUT2D eigenvalue weighted by atomic mass is 10.0. The Morgan fingerprint density at radius 3 is 2.77 bits per heavy atom. The van der Waals surface area contributed by atoms with Crippen LogP contribution in [0.1, 0.15) is 43.4 Å². The predicted molar refractivity (Wildman–Crippen MR) is 120 cm³/mol. The summed E-state index contributed by atoms with van der Waals surface area (Å²) in [5.74, 6) is 0.643. The lowest BCUT2D eigenvalue weighted by Gasteiger charge is -2.18. The highest BCUT2D eigenvalue weighted by atomic mass is 32.2. The zero-order valence-electron chi connectivity index (χ0n) is 17.6. The van der Waals surface area contributed by atoms with Crippen LogP contribution in [-0.4, -0.2) is 33.1 Å². The molecule has 0 aliphatic carbocycles. The molecule has 9 heteroatoms. The van der Waals surface area contributed by atoms with Crippen molar-refractivity contribution in [1.82, 2.24) is 5.32 Å². The van der Waals surface area contributed by atoms with Crippen molar-refractivity contribution in [3.8, 4) is 5.75 Å². The summed E-state index contributed by atoms with van der Waals surface area (Å²) in [7, 11) is -3.36. The summed E-state index contributed by atoms with van der Waals surface area (Å²) in [6, 6.07) is 12.2. The Bertz CT molecular complexity index is 1070. The third kappa shape index (κ3) is 6.99. The second kappa shape index (κ2) is 9.82. The minimum absolute atomic E-state index is 0.0276. The van der Waals surface area contributed by atoms with Crippen molar-refractivity contribution in [2.75, 3.05) is 22.9 Å². The molecule has 2 aromatic rings. The second-order valence-electron chi connectivity index (χ2n) is 7.61. The average Bonchev–Trinajstić information content (AvgIpc) is 2.70. The predicted octanol–water partition coefficient (Wildman–Crippen LogP) is 2.98. The Balaban J connectivity index is 1.43. The van der Waals surface area contributed by atoms with E-state index in [2.05, 4.69) is 15.4 Å². The zero-order valence-corrected chi connectivity index (χ0v) is 18.4. The largest absolute Gasteiger partial charge is 0.494 e. The summed E-state index contributed by atoms with van der Waals surface area (Å²) >= 11 is 0. The fourth-order valence-electron chi connectivity index (χ4n) is 3.35. The van der Waals surface area contributed by atoms with Crippen LogP contribution in [0.15, 0.2) is 42.5 Å². The lowest BCUT2D eigenvalue weighted by molar-refractivity contribution is -0.122. The molecule has 1 aliphatic rings. The van der Waals surface area contributed by atoms with Gasteiger partial charge in [-0.15, -0.1) is 0 Å². The first-order chi connectivity index (χ1) is 14.7. The van der Waals surface area contributed by atoms with E-state index in [0.29, 0.717) is 38.0 Å². The van der Waals surface area contributed by atoms with Crippen LogP contribution in [0.4, 0.5) is 11.4 Å². The van der Waals surface area contributed by atoms with E-state index >= 15 is 0 Å². The van der Waals surface area contributed by atoms with Gasteiger partial charge >= 0.3 is 0 Å². The number of hydrogen-bond donors (Lipinski definition) is 3. The van der Waals surface area contributed by atoms with Crippen molar-refractivity contribution >= 4 is 33.2 Å². The van der Waals surface area contributed by atoms with Crippen LogP contribution in [0, 0.1) is 0 Å². The first-order valence-corrected chi connectivity index (χ1v) is 12.0. The van der Waals surface area contributed by atoms with Crippen LogP contribution in [0.2, 0.25) is 0 Å². The number of anilines is 2. The van der Waals surface area contributed by atoms with Crippen molar-refractivity contribution in [3.05, 3.63) is 53.6 Å². The molecule has 0 aromatic heterocycles. The van der Waals surface area contributed by atoms with Gasteiger partial charge in [-0.25, -0.2) is 8.42 Å². The molecule has 1 aliphatic heterocycles. The SMILES string of the molecule is CC(NC(=O)CCCOc1ccc2c(c1)CCC(=O)N2)c1cccc(NS(C)(=O)=O)c1. The zero-order chi connectivity index (χ0) is 22.4. The normalized spacial score (nSPS) is 14.2. The number of carbonyl (C=O) groups is 2. The summed E-state index contributed by atoms with van der Waals surface area (Å²) in [6.07, 6.45) is 3.13. The maximum Gasteiger partial charge on any atom is 0.229 e. The van der Waals surface area contributed by atoms with E-state index in [9.17, 15) is 18.0 Å². The minimum atomic E-state index is -3.36. The molecular formula is C22H27N3O5S. The molecular weight excluding hydrogens is 418 g/mol. The van der Waals surface area contributed by atoms with Crippen molar-refractivity contribution in [1.29, 1.82) is 0 Å². The smallest absolute Gasteiger partial charge is 0.229 e. The van der Waals surface area contributed by atoms with Gasteiger partial charge in [0.15, 0.2) is 0 Å². The molecule has 2 amide bonds. The van der Waals surface area contributed by atoms with Gasteiger partial charge in [0.1, 0.15) is 5.75 Å². The van der Waals surface area contributed by atoms with Gasteiger partial charge in [-0.3, -0.25) is 14.3 Å². The number of benzene rings is 2. The van der Waals surface area contributed by atoms with Crippen molar-refractivity contribution in [3.63, 3.8) is 0 Å². The molecule has 166 valence electrons. The van der Waals surface area contributed by atoms with E-state index in [1.54, 1.807) is 18.2 Å². The number of hydrogen-bond acceptors (Lipinski definition) is 5. The maximum atomic E-state index is 12.3. The van der Waals surface area contributed by atoms with Crippen LogP contribution in [0.5, 0.6) is 5.75 Å². The fraction of sp³-hybridized carbons (Fsp3) is 0.364. The molecule has 0 fully saturated rings. The third-order valence-electron chi connectivity index (χ3n) is 4.86. The number of fused-ring (bicyclic) bond motifs is 1. The number of rotatable bonds is 9. The summed E-state index contributed by atoms with van der Waals surface area (Å²) < 4.78 is 30.9. The highest BCUT2D eigenvalue weighted by Crippen LogP contribution is 2.27. The number of aryl methyl sites for hydroxylation is 1.